The lowest BCUT2D eigenvalue weighted by Gasteiger charge is -2.26. The summed E-state index contributed by atoms with van der Waals surface area (Å²) in [7, 11) is 0. The van der Waals surface area contributed by atoms with Crippen LogP contribution in [0, 0.1) is 0 Å². The molecule has 1 aromatic heterocycles. The molecule has 1 atom stereocenters. The van der Waals surface area contributed by atoms with Crippen LogP contribution in [0.2, 0.25) is 0 Å². The van der Waals surface area contributed by atoms with E-state index in [1.54, 1.807) is 12.1 Å². The number of benzene rings is 1. The second-order valence-electron chi connectivity index (χ2n) is 8.43. The van der Waals surface area contributed by atoms with Crippen LogP contribution in [0.25, 0.3) is 0 Å². The van der Waals surface area contributed by atoms with Gasteiger partial charge < -0.3 is 20.6 Å². The third kappa shape index (κ3) is 5.48. The molecule has 31 heavy (non-hydrogen) atoms. The smallest absolute Gasteiger partial charge is 0.272 e. The number of aliphatic hydroxyl groups is 1. The molecule has 1 fully saturated rings. The van der Waals surface area contributed by atoms with E-state index in [2.05, 4.69) is 39.9 Å². The van der Waals surface area contributed by atoms with Gasteiger partial charge in [0.25, 0.3) is 11.8 Å². The van der Waals surface area contributed by atoms with Gasteiger partial charge in [-0.3, -0.25) is 14.6 Å². The predicted molar refractivity (Wildman–Crippen MR) is 118 cm³/mol. The summed E-state index contributed by atoms with van der Waals surface area (Å²) in [6.45, 7) is 2.10. The third-order valence-corrected chi connectivity index (χ3v) is 6.08. The zero-order valence-corrected chi connectivity index (χ0v) is 17.7. The minimum atomic E-state index is -0.680. The molecule has 1 saturated heterocycles. The molecule has 0 spiro atoms. The lowest BCUT2D eigenvalue weighted by atomic mass is 10.1. The van der Waals surface area contributed by atoms with E-state index in [9.17, 15) is 14.7 Å². The summed E-state index contributed by atoms with van der Waals surface area (Å²) in [5.41, 5.74) is 3.46. The molecule has 4 rings (SSSR count). The number of nitrogens with one attached hydrogen (secondary N) is 2. The van der Waals surface area contributed by atoms with E-state index in [-0.39, 0.29) is 18.4 Å². The highest BCUT2D eigenvalue weighted by Gasteiger charge is 2.22. The first kappa shape index (κ1) is 21.5. The number of hydrogen-bond donors (Lipinski definition) is 3. The van der Waals surface area contributed by atoms with Gasteiger partial charge in [-0.2, -0.15) is 0 Å². The van der Waals surface area contributed by atoms with Gasteiger partial charge in [0, 0.05) is 38.4 Å². The molecule has 0 bridgehead atoms. The fraction of sp³-hybridized carbons (Fsp3) is 0.458. The van der Waals surface area contributed by atoms with Gasteiger partial charge in [0.2, 0.25) is 0 Å². The highest BCUT2D eigenvalue weighted by atomic mass is 16.3. The molecule has 1 aliphatic heterocycles. The van der Waals surface area contributed by atoms with Gasteiger partial charge >= 0.3 is 0 Å². The van der Waals surface area contributed by atoms with Gasteiger partial charge in [0.15, 0.2) is 0 Å². The van der Waals surface area contributed by atoms with Crippen molar-refractivity contribution in [2.24, 2.45) is 0 Å². The SMILES string of the molecule is O=C(NC[C@H](O)CNC1Cc2ccccc2C1)c1ccc(C(=O)N2CCCCC2)nc1. The molecule has 2 heterocycles. The van der Waals surface area contributed by atoms with Crippen molar-refractivity contribution < 1.29 is 14.7 Å². The summed E-state index contributed by atoms with van der Waals surface area (Å²) in [5, 5.41) is 16.4. The summed E-state index contributed by atoms with van der Waals surface area (Å²) in [5.74, 6) is -0.390. The monoisotopic (exact) mass is 422 g/mol. The molecule has 2 aromatic rings. The second kappa shape index (κ2) is 10.0. The molecule has 164 valence electrons. The van der Waals surface area contributed by atoms with Crippen LogP contribution in [0.3, 0.4) is 0 Å². The number of aliphatic hydroxyl groups excluding tert-OH is 1. The van der Waals surface area contributed by atoms with Crippen LogP contribution in [0.15, 0.2) is 42.6 Å². The summed E-state index contributed by atoms with van der Waals surface area (Å²) in [4.78, 5) is 30.8. The Balaban J connectivity index is 1.20. The molecule has 2 aliphatic rings. The van der Waals surface area contributed by atoms with Gasteiger partial charge in [-0.05, 0) is 55.4 Å². The number of aromatic nitrogens is 1. The van der Waals surface area contributed by atoms with E-state index >= 15 is 0 Å². The van der Waals surface area contributed by atoms with E-state index < -0.39 is 6.10 Å². The maximum Gasteiger partial charge on any atom is 0.272 e. The Labute approximate surface area is 182 Å². The van der Waals surface area contributed by atoms with Crippen molar-refractivity contribution >= 4 is 11.8 Å². The normalized spacial score (nSPS) is 17.3. The Morgan fingerprint density at radius 2 is 1.74 bits per heavy atom. The average Bonchev–Trinajstić information content (AvgIpc) is 3.24. The Morgan fingerprint density at radius 3 is 2.39 bits per heavy atom. The fourth-order valence-electron chi connectivity index (χ4n) is 4.30. The molecule has 7 nitrogen and oxygen atoms in total. The van der Waals surface area contributed by atoms with Gasteiger partial charge in [-0.25, -0.2) is 0 Å². The first-order valence-electron chi connectivity index (χ1n) is 11.1. The molecule has 3 N–H and O–H groups in total. The first-order valence-corrected chi connectivity index (χ1v) is 11.1. The topological polar surface area (TPSA) is 94.6 Å². The number of fused-ring (bicyclic) bond motifs is 1. The van der Waals surface area contributed by atoms with Crippen LogP contribution >= 0.6 is 0 Å². The molecule has 0 radical (unpaired) electrons. The average molecular weight is 423 g/mol. The Bertz CT molecular complexity index is 884. The molecule has 1 aromatic carbocycles. The number of carbonyl (C=O) groups excluding carboxylic acids is 2. The van der Waals surface area contributed by atoms with Crippen LogP contribution in [-0.2, 0) is 12.8 Å². The predicted octanol–water partition coefficient (Wildman–Crippen LogP) is 1.56. The molecule has 0 saturated carbocycles. The van der Waals surface area contributed by atoms with Crippen molar-refractivity contribution in [1.29, 1.82) is 0 Å². The molecule has 0 unspecified atom stereocenters. The third-order valence-electron chi connectivity index (χ3n) is 6.08. The van der Waals surface area contributed by atoms with Crippen molar-refractivity contribution in [2.75, 3.05) is 26.2 Å². The quantitative estimate of drug-likeness (QED) is 0.630. The zero-order valence-electron chi connectivity index (χ0n) is 17.7. The summed E-state index contributed by atoms with van der Waals surface area (Å²) in [6, 6.07) is 11.9. The van der Waals surface area contributed by atoms with E-state index in [1.807, 2.05) is 4.90 Å². The fourth-order valence-corrected chi connectivity index (χ4v) is 4.30. The van der Waals surface area contributed by atoms with Crippen LogP contribution in [0.4, 0.5) is 0 Å². The largest absolute Gasteiger partial charge is 0.390 e. The van der Waals surface area contributed by atoms with Crippen molar-refractivity contribution in [3.05, 3.63) is 65.0 Å². The lowest BCUT2D eigenvalue weighted by molar-refractivity contribution is 0.0717. The molecule has 2 amide bonds. The van der Waals surface area contributed by atoms with Crippen LogP contribution < -0.4 is 10.6 Å². The van der Waals surface area contributed by atoms with Crippen molar-refractivity contribution in [3.63, 3.8) is 0 Å². The van der Waals surface area contributed by atoms with Gasteiger partial charge in [-0.15, -0.1) is 0 Å². The minimum Gasteiger partial charge on any atom is -0.390 e. The maximum absolute atomic E-state index is 12.5. The minimum absolute atomic E-state index is 0.0813. The number of rotatable bonds is 7. The number of amides is 2. The standard InChI is InChI=1S/C24H30N4O3/c29-21(15-25-20-12-17-6-2-3-7-18(17)13-20)16-27-23(30)19-8-9-22(26-14-19)24(31)28-10-4-1-5-11-28/h2-3,6-9,14,20-21,25,29H,1,4-5,10-13,15-16H2,(H,27,30)/t21-/m1/s1. The molecule has 1 aliphatic carbocycles. The highest BCUT2D eigenvalue weighted by molar-refractivity contribution is 5.96. The maximum atomic E-state index is 12.5. The van der Waals surface area contributed by atoms with Crippen LogP contribution in [-0.4, -0.2) is 65.1 Å². The molecule has 7 heteroatoms. The summed E-state index contributed by atoms with van der Waals surface area (Å²) < 4.78 is 0. The summed E-state index contributed by atoms with van der Waals surface area (Å²) >= 11 is 0. The zero-order chi connectivity index (χ0) is 21.6. The van der Waals surface area contributed by atoms with Crippen molar-refractivity contribution in [1.82, 2.24) is 20.5 Å². The number of carbonyl (C=O) groups is 2. The summed E-state index contributed by atoms with van der Waals surface area (Å²) in [6.07, 6.45) is 5.88. The van der Waals surface area contributed by atoms with Crippen molar-refractivity contribution in [2.45, 2.75) is 44.2 Å². The Kier molecular flexibility index (Phi) is 6.94. The number of pyridine rings is 1. The number of piperidine rings is 1. The van der Waals surface area contributed by atoms with Gasteiger partial charge in [0.05, 0.1) is 11.7 Å². The van der Waals surface area contributed by atoms with Gasteiger partial charge in [-0.1, -0.05) is 24.3 Å². The first-order chi connectivity index (χ1) is 15.1. The number of hydrogen-bond acceptors (Lipinski definition) is 5. The Morgan fingerprint density at radius 1 is 1.03 bits per heavy atom. The van der Waals surface area contributed by atoms with E-state index in [1.165, 1.54) is 17.3 Å². The molecular weight excluding hydrogens is 392 g/mol. The Hall–Kier alpha value is -2.77. The highest BCUT2D eigenvalue weighted by Crippen LogP contribution is 2.21. The van der Waals surface area contributed by atoms with E-state index in [0.717, 1.165) is 45.2 Å². The number of likely N-dealkylation sites (tertiary alicyclic amines) is 1. The van der Waals surface area contributed by atoms with E-state index in [0.29, 0.717) is 23.8 Å². The van der Waals surface area contributed by atoms with Crippen molar-refractivity contribution in [3.8, 4) is 0 Å². The number of nitrogens with zero attached hydrogens (tertiary/aromatic N) is 2. The lowest BCUT2D eigenvalue weighted by Crippen LogP contribution is -2.41. The van der Waals surface area contributed by atoms with Crippen LogP contribution in [0.1, 0.15) is 51.2 Å². The molecular formula is C24H30N4O3. The van der Waals surface area contributed by atoms with E-state index in [4.69, 9.17) is 0 Å². The van der Waals surface area contributed by atoms with Gasteiger partial charge in [0.1, 0.15) is 5.69 Å². The van der Waals surface area contributed by atoms with Crippen LogP contribution in [0.5, 0.6) is 0 Å². The second-order valence-corrected chi connectivity index (χ2v) is 8.43.